The minimum atomic E-state index is -0.986. The average molecular weight is 672 g/mol. The molecule has 0 spiro atoms. The molecule has 11 nitrogen and oxygen atoms in total. The number of benzene rings is 1. The van der Waals surface area contributed by atoms with Crippen LogP contribution in [-0.4, -0.2) is 75.2 Å². The maximum atomic E-state index is 13.9. The molecule has 47 heavy (non-hydrogen) atoms. The van der Waals surface area contributed by atoms with Gasteiger partial charge < -0.3 is 31.1 Å². The summed E-state index contributed by atoms with van der Waals surface area (Å²) in [6, 6.07) is 5.98. The van der Waals surface area contributed by atoms with Gasteiger partial charge >= 0.3 is 6.09 Å². The summed E-state index contributed by atoms with van der Waals surface area (Å²) in [4.78, 5) is 57.6. The molecule has 1 aliphatic rings. The summed E-state index contributed by atoms with van der Waals surface area (Å²) in [5.41, 5.74) is 4.18. The number of amides is 4. The Labute approximate surface area is 282 Å². The van der Waals surface area contributed by atoms with Gasteiger partial charge in [-0.3, -0.25) is 14.4 Å². The number of β-amino-alcohol motifs (C(OH)–C–C–N with tert-alkyl or cyclic N) is 1. The van der Waals surface area contributed by atoms with Crippen molar-refractivity contribution in [1.82, 2.24) is 25.8 Å². The fraction of sp³-hybridized carbons (Fsp3) is 0.629. The zero-order chi connectivity index (χ0) is 34.6. The van der Waals surface area contributed by atoms with E-state index in [1.807, 2.05) is 64.4 Å². The first kappa shape index (κ1) is 37.9. The molecule has 1 saturated heterocycles. The monoisotopic (exact) mass is 671 g/mol. The van der Waals surface area contributed by atoms with Crippen molar-refractivity contribution in [3.05, 3.63) is 41.0 Å². The molecular weight excluding hydrogens is 618 g/mol. The Hall–Kier alpha value is -3.51. The van der Waals surface area contributed by atoms with E-state index >= 15 is 0 Å². The standard InChI is InChI=1S/C35H53N5O6S/c1-23(25-15-17-26(18-16-25)30-24(2)37-22-47-30)38-32(43)28-20-27(41)21-40(28)33(44)31(35(3,4)5)39-29(42)14-12-10-8-6-7-9-11-13-19-36-34(45)46/h15-18,22-23,27-28,31,36,41H,6-14,19-21H2,1-5H3,(H,38,43)(H,39,42)(H,45,46)/t23-,27+,28-,31+/m0/s1. The summed E-state index contributed by atoms with van der Waals surface area (Å²) in [6.07, 6.45) is 6.30. The molecule has 3 rings (SSSR count). The van der Waals surface area contributed by atoms with Gasteiger partial charge in [-0.25, -0.2) is 9.78 Å². The number of aromatic nitrogens is 1. The Balaban J connectivity index is 1.49. The van der Waals surface area contributed by atoms with Crippen molar-refractivity contribution < 1.29 is 29.4 Å². The molecule has 1 fully saturated rings. The van der Waals surface area contributed by atoms with Crippen LogP contribution in [0.3, 0.4) is 0 Å². The molecule has 0 aliphatic carbocycles. The number of unbranched alkanes of at least 4 members (excludes halogenated alkanes) is 7. The van der Waals surface area contributed by atoms with Gasteiger partial charge in [0.05, 0.1) is 28.2 Å². The summed E-state index contributed by atoms with van der Waals surface area (Å²) in [5, 5.41) is 27.4. The topological polar surface area (TPSA) is 161 Å². The van der Waals surface area contributed by atoms with E-state index in [9.17, 15) is 24.3 Å². The Morgan fingerprint density at radius 1 is 0.979 bits per heavy atom. The van der Waals surface area contributed by atoms with E-state index < -0.39 is 29.7 Å². The highest BCUT2D eigenvalue weighted by atomic mass is 32.1. The van der Waals surface area contributed by atoms with E-state index in [0.29, 0.717) is 13.0 Å². The average Bonchev–Trinajstić information content (AvgIpc) is 3.62. The molecule has 1 aromatic carbocycles. The largest absolute Gasteiger partial charge is 0.465 e. The molecule has 0 bridgehead atoms. The third-order valence-electron chi connectivity index (χ3n) is 8.67. The molecule has 0 saturated carbocycles. The Morgan fingerprint density at radius 3 is 2.17 bits per heavy atom. The van der Waals surface area contributed by atoms with Crippen LogP contribution in [0.25, 0.3) is 10.4 Å². The fourth-order valence-electron chi connectivity index (χ4n) is 5.92. The van der Waals surface area contributed by atoms with Crippen LogP contribution in [0.4, 0.5) is 4.79 Å². The third kappa shape index (κ3) is 11.9. The van der Waals surface area contributed by atoms with Crippen molar-refractivity contribution in [1.29, 1.82) is 0 Å². The van der Waals surface area contributed by atoms with Crippen LogP contribution in [0.2, 0.25) is 0 Å². The first-order valence-corrected chi connectivity index (χ1v) is 17.7. The predicted octanol–water partition coefficient (Wildman–Crippen LogP) is 5.57. The number of aliphatic hydroxyl groups is 1. The zero-order valence-corrected chi connectivity index (χ0v) is 29.3. The second-order valence-corrected chi connectivity index (χ2v) is 14.5. The smallest absolute Gasteiger partial charge is 0.404 e. The molecule has 4 amide bonds. The number of likely N-dealkylation sites (tertiary alicyclic amines) is 1. The number of thiazole rings is 1. The molecule has 0 radical (unpaired) electrons. The number of aryl methyl sites for hydroxylation is 1. The molecule has 1 aromatic heterocycles. The molecule has 12 heteroatoms. The Kier molecular flexibility index (Phi) is 14.6. The molecular formula is C35H53N5O6S. The summed E-state index contributed by atoms with van der Waals surface area (Å²) in [5.74, 6) is -0.894. The van der Waals surface area contributed by atoms with Crippen molar-refractivity contribution in [2.45, 2.75) is 123 Å². The van der Waals surface area contributed by atoms with Crippen LogP contribution in [0, 0.1) is 12.3 Å². The highest BCUT2D eigenvalue weighted by Gasteiger charge is 2.44. The number of hydrogen-bond donors (Lipinski definition) is 5. The van der Waals surface area contributed by atoms with E-state index in [4.69, 9.17) is 5.11 Å². The van der Waals surface area contributed by atoms with Gasteiger partial charge in [0.15, 0.2) is 0 Å². The van der Waals surface area contributed by atoms with E-state index in [1.54, 1.807) is 11.3 Å². The molecule has 1 aliphatic heterocycles. The van der Waals surface area contributed by atoms with Gasteiger partial charge in [-0.15, -0.1) is 11.3 Å². The van der Waals surface area contributed by atoms with Gasteiger partial charge in [-0.1, -0.05) is 83.6 Å². The third-order valence-corrected chi connectivity index (χ3v) is 9.64. The summed E-state index contributed by atoms with van der Waals surface area (Å²) in [6.45, 7) is 10.0. The van der Waals surface area contributed by atoms with Crippen LogP contribution < -0.4 is 16.0 Å². The van der Waals surface area contributed by atoms with Gasteiger partial charge in [-0.2, -0.15) is 0 Å². The van der Waals surface area contributed by atoms with Crippen LogP contribution in [0.15, 0.2) is 29.8 Å². The van der Waals surface area contributed by atoms with Crippen molar-refractivity contribution in [3.8, 4) is 10.4 Å². The van der Waals surface area contributed by atoms with E-state index in [1.165, 1.54) is 4.90 Å². The van der Waals surface area contributed by atoms with Gasteiger partial charge in [-0.05, 0) is 43.2 Å². The molecule has 5 N–H and O–H groups in total. The number of aliphatic hydroxyl groups excluding tert-OH is 1. The number of carbonyl (C=O) groups is 4. The zero-order valence-electron chi connectivity index (χ0n) is 28.5. The molecule has 4 atom stereocenters. The maximum Gasteiger partial charge on any atom is 0.404 e. The number of carboxylic acid groups (broad SMARTS) is 1. The summed E-state index contributed by atoms with van der Waals surface area (Å²) in [7, 11) is 0. The van der Waals surface area contributed by atoms with E-state index in [2.05, 4.69) is 20.9 Å². The summed E-state index contributed by atoms with van der Waals surface area (Å²) >= 11 is 1.58. The predicted molar refractivity (Wildman–Crippen MR) is 184 cm³/mol. The van der Waals surface area contributed by atoms with Crippen molar-refractivity contribution in [2.24, 2.45) is 5.41 Å². The van der Waals surface area contributed by atoms with E-state index in [-0.39, 0.29) is 36.7 Å². The molecule has 0 unspecified atom stereocenters. The van der Waals surface area contributed by atoms with E-state index in [0.717, 1.165) is 73.1 Å². The maximum absolute atomic E-state index is 13.9. The van der Waals surface area contributed by atoms with Crippen molar-refractivity contribution >= 4 is 35.2 Å². The summed E-state index contributed by atoms with van der Waals surface area (Å²) < 4.78 is 0. The second-order valence-electron chi connectivity index (χ2n) is 13.7. The lowest BCUT2D eigenvalue weighted by molar-refractivity contribution is -0.144. The highest BCUT2D eigenvalue weighted by Crippen LogP contribution is 2.29. The van der Waals surface area contributed by atoms with Crippen molar-refractivity contribution in [2.75, 3.05) is 13.1 Å². The minimum absolute atomic E-state index is 0.0344. The van der Waals surface area contributed by atoms with Gasteiger partial charge in [0, 0.05) is 25.9 Å². The Bertz CT molecular complexity index is 1320. The Morgan fingerprint density at radius 2 is 1.60 bits per heavy atom. The van der Waals surface area contributed by atoms with Crippen LogP contribution >= 0.6 is 11.3 Å². The molecule has 2 heterocycles. The molecule has 260 valence electrons. The lowest BCUT2D eigenvalue weighted by Gasteiger charge is -2.35. The SMILES string of the molecule is Cc1ncsc1-c1ccc([C@H](C)NC(=O)[C@@H]2C[C@@H](O)CN2C(=O)[C@@H](NC(=O)CCCCCCCCCCNC(=O)O)C(C)(C)C)cc1. The van der Waals surface area contributed by atoms with Gasteiger partial charge in [0.2, 0.25) is 17.7 Å². The second kappa shape index (κ2) is 18.1. The lowest BCUT2D eigenvalue weighted by atomic mass is 9.85. The molecule has 2 aromatic rings. The normalized spacial score (nSPS) is 17.6. The lowest BCUT2D eigenvalue weighted by Crippen LogP contribution is -2.57. The van der Waals surface area contributed by atoms with Gasteiger partial charge in [0.1, 0.15) is 12.1 Å². The number of hydrogen-bond acceptors (Lipinski definition) is 7. The quantitative estimate of drug-likeness (QED) is 0.138. The first-order valence-electron chi connectivity index (χ1n) is 16.8. The number of nitrogens with one attached hydrogen (secondary N) is 3. The highest BCUT2D eigenvalue weighted by molar-refractivity contribution is 7.13. The van der Waals surface area contributed by atoms with Crippen LogP contribution in [0.5, 0.6) is 0 Å². The number of carbonyl (C=O) groups excluding carboxylic acids is 3. The van der Waals surface area contributed by atoms with Crippen molar-refractivity contribution in [3.63, 3.8) is 0 Å². The first-order chi connectivity index (χ1) is 22.3. The van der Waals surface area contributed by atoms with Gasteiger partial charge in [0.25, 0.3) is 0 Å². The van der Waals surface area contributed by atoms with Crippen LogP contribution in [0.1, 0.15) is 109 Å². The fourth-order valence-corrected chi connectivity index (χ4v) is 6.73. The number of nitrogens with zero attached hydrogens (tertiary/aromatic N) is 2. The van der Waals surface area contributed by atoms with Crippen LogP contribution in [-0.2, 0) is 14.4 Å². The minimum Gasteiger partial charge on any atom is -0.465 e. The number of rotatable bonds is 17.